The molecule has 5 heteroatoms. The lowest BCUT2D eigenvalue weighted by Crippen LogP contribution is -2.33. The number of carbonyl (C=O) groups excluding carboxylic acids is 1. The summed E-state index contributed by atoms with van der Waals surface area (Å²) in [5.41, 5.74) is 0.927. The predicted octanol–water partition coefficient (Wildman–Crippen LogP) is 5.76. The molecule has 0 radical (unpaired) electrons. The van der Waals surface area contributed by atoms with E-state index in [1.54, 1.807) is 4.90 Å². The van der Waals surface area contributed by atoms with Crippen molar-refractivity contribution in [3.05, 3.63) is 39.8 Å². The number of unbranched alkanes of at least 4 members (excludes halogenated alkanes) is 1. The van der Waals surface area contributed by atoms with Crippen molar-refractivity contribution >= 4 is 51.9 Å². The number of amides is 1. The van der Waals surface area contributed by atoms with Crippen LogP contribution in [0.3, 0.4) is 0 Å². The van der Waals surface area contributed by atoms with Crippen LogP contribution in [0.2, 0.25) is 5.02 Å². The van der Waals surface area contributed by atoms with Crippen LogP contribution in [0.5, 0.6) is 0 Å². The summed E-state index contributed by atoms with van der Waals surface area (Å²) in [5.74, 6) is 0.540. The summed E-state index contributed by atoms with van der Waals surface area (Å²) in [6.07, 6.45) is 6.48. The molecule has 0 aromatic heterocycles. The second-order valence-electron chi connectivity index (χ2n) is 5.76. The Morgan fingerprint density at radius 3 is 2.83 bits per heavy atom. The number of benzene rings is 1. The second-order valence-corrected chi connectivity index (χ2v) is 7.88. The molecule has 1 aliphatic rings. The van der Waals surface area contributed by atoms with Gasteiger partial charge in [-0.25, -0.2) is 0 Å². The smallest absolute Gasteiger partial charge is 0.266 e. The molecule has 0 saturated carbocycles. The maximum absolute atomic E-state index is 12.6. The molecular weight excluding hydrogens is 346 g/mol. The first kappa shape index (κ1) is 18.5. The molecule has 2 rings (SSSR count). The number of halogens is 1. The van der Waals surface area contributed by atoms with Gasteiger partial charge in [-0.05, 0) is 36.1 Å². The number of thiocarbonyl (C=S) groups is 1. The molecule has 1 amide bonds. The Labute approximate surface area is 153 Å². The number of rotatable bonds is 7. The molecule has 0 N–H and O–H groups in total. The van der Waals surface area contributed by atoms with E-state index < -0.39 is 0 Å². The van der Waals surface area contributed by atoms with E-state index in [9.17, 15) is 4.79 Å². The van der Waals surface area contributed by atoms with Crippen molar-refractivity contribution in [2.45, 2.75) is 39.5 Å². The van der Waals surface area contributed by atoms with E-state index in [4.69, 9.17) is 23.8 Å². The normalized spacial score (nSPS) is 18.0. The van der Waals surface area contributed by atoms with E-state index in [1.807, 2.05) is 30.3 Å². The van der Waals surface area contributed by atoms with Crippen LogP contribution in [0.1, 0.15) is 45.1 Å². The van der Waals surface area contributed by atoms with Crippen LogP contribution in [0.4, 0.5) is 0 Å². The average Bonchev–Trinajstić information content (AvgIpc) is 2.78. The first-order chi connectivity index (χ1) is 11.0. The van der Waals surface area contributed by atoms with E-state index in [1.165, 1.54) is 24.6 Å². The fourth-order valence-corrected chi connectivity index (χ4v) is 4.05. The van der Waals surface area contributed by atoms with Gasteiger partial charge < -0.3 is 0 Å². The van der Waals surface area contributed by atoms with Crippen LogP contribution < -0.4 is 0 Å². The fraction of sp³-hybridized carbons (Fsp3) is 0.444. The summed E-state index contributed by atoms with van der Waals surface area (Å²) in [6.45, 7) is 5.11. The van der Waals surface area contributed by atoms with Crippen molar-refractivity contribution in [1.29, 1.82) is 0 Å². The number of carbonyl (C=O) groups is 1. The summed E-state index contributed by atoms with van der Waals surface area (Å²) >= 11 is 12.8. The second kappa shape index (κ2) is 8.86. The third-order valence-corrected chi connectivity index (χ3v) is 5.62. The minimum absolute atomic E-state index is 0.0231. The van der Waals surface area contributed by atoms with Crippen LogP contribution in [0.15, 0.2) is 29.2 Å². The molecule has 1 unspecified atom stereocenters. The molecule has 1 saturated heterocycles. The van der Waals surface area contributed by atoms with Crippen LogP contribution >= 0.6 is 35.6 Å². The van der Waals surface area contributed by atoms with Crippen LogP contribution in [0, 0.1) is 5.92 Å². The summed E-state index contributed by atoms with van der Waals surface area (Å²) in [5, 5.41) is 0.667. The zero-order valence-corrected chi connectivity index (χ0v) is 15.9. The Hall–Kier alpha value is -0.840. The van der Waals surface area contributed by atoms with Crippen molar-refractivity contribution < 1.29 is 4.79 Å². The number of nitrogens with zero attached hydrogens (tertiary/aromatic N) is 1. The van der Waals surface area contributed by atoms with Crippen molar-refractivity contribution in [1.82, 2.24) is 4.90 Å². The molecule has 124 valence electrons. The van der Waals surface area contributed by atoms with Gasteiger partial charge in [0.15, 0.2) is 0 Å². The van der Waals surface area contributed by atoms with Crippen LogP contribution in [0.25, 0.3) is 6.08 Å². The SMILES string of the molecule is CCCCC(CC)CN1C(=O)/C(=C/c2cccc(Cl)c2)SC1=S. The molecule has 0 bridgehead atoms. The van der Waals surface area contributed by atoms with Gasteiger partial charge in [0, 0.05) is 11.6 Å². The predicted molar refractivity (Wildman–Crippen MR) is 105 cm³/mol. The third kappa shape index (κ3) is 5.07. The van der Waals surface area contributed by atoms with Gasteiger partial charge in [0.05, 0.1) is 4.91 Å². The number of hydrogen-bond donors (Lipinski definition) is 0. The first-order valence-corrected chi connectivity index (χ1v) is 9.66. The Morgan fingerprint density at radius 1 is 1.39 bits per heavy atom. The van der Waals surface area contributed by atoms with E-state index in [0.29, 0.717) is 20.2 Å². The van der Waals surface area contributed by atoms with Crippen molar-refractivity contribution in [2.75, 3.05) is 6.54 Å². The first-order valence-electron chi connectivity index (χ1n) is 8.06. The molecule has 1 fully saturated rings. The van der Waals surface area contributed by atoms with Gasteiger partial charge in [0.25, 0.3) is 5.91 Å². The standard InChI is InChI=1S/C18H22ClNOS2/c1-3-5-7-13(4-2)12-20-17(21)16(23-18(20)22)11-14-8-6-9-15(19)10-14/h6,8-11,13H,3-5,7,12H2,1-2H3/b16-11-. The zero-order valence-electron chi connectivity index (χ0n) is 13.5. The van der Waals surface area contributed by atoms with Gasteiger partial charge in [-0.1, -0.05) is 80.8 Å². The summed E-state index contributed by atoms with van der Waals surface area (Å²) < 4.78 is 0.665. The van der Waals surface area contributed by atoms with E-state index in [2.05, 4.69) is 13.8 Å². The van der Waals surface area contributed by atoms with Crippen LogP contribution in [-0.2, 0) is 4.79 Å². The summed E-state index contributed by atoms with van der Waals surface area (Å²) in [7, 11) is 0. The fourth-order valence-electron chi connectivity index (χ4n) is 2.58. The number of hydrogen-bond acceptors (Lipinski definition) is 3. The maximum atomic E-state index is 12.6. The molecule has 2 nitrogen and oxygen atoms in total. The van der Waals surface area contributed by atoms with Crippen LogP contribution in [-0.4, -0.2) is 21.7 Å². The Morgan fingerprint density at radius 2 is 2.17 bits per heavy atom. The zero-order chi connectivity index (χ0) is 16.8. The summed E-state index contributed by atoms with van der Waals surface area (Å²) in [4.78, 5) is 15.1. The minimum atomic E-state index is 0.0231. The highest BCUT2D eigenvalue weighted by Gasteiger charge is 2.33. The highest BCUT2D eigenvalue weighted by molar-refractivity contribution is 8.26. The number of thioether (sulfide) groups is 1. The lowest BCUT2D eigenvalue weighted by Gasteiger charge is -2.21. The Kier molecular flexibility index (Phi) is 7.12. The van der Waals surface area contributed by atoms with Gasteiger partial charge in [0.2, 0.25) is 0 Å². The lowest BCUT2D eigenvalue weighted by atomic mass is 9.99. The quantitative estimate of drug-likeness (QED) is 0.451. The van der Waals surface area contributed by atoms with E-state index in [-0.39, 0.29) is 5.91 Å². The van der Waals surface area contributed by atoms with Crippen molar-refractivity contribution in [3.63, 3.8) is 0 Å². The topological polar surface area (TPSA) is 20.3 Å². The highest BCUT2D eigenvalue weighted by atomic mass is 35.5. The van der Waals surface area contributed by atoms with Gasteiger partial charge in [0.1, 0.15) is 4.32 Å². The summed E-state index contributed by atoms with van der Waals surface area (Å²) in [6, 6.07) is 7.50. The third-order valence-electron chi connectivity index (χ3n) is 4.00. The van der Waals surface area contributed by atoms with Gasteiger partial charge in [-0.15, -0.1) is 0 Å². The average molecular weight is 368 g/mol. The highest BCUT2D eigenvalue weighted by Crippen LogP contribution is 2.34. The van der Waals surface area contributed by atoms with Crippen molar-refractivity contribution in [3.8, 4) is 0 Å². The molecule has 0 spiro atoms. The minimum Gasteiger partial charge on any atom is -0.293 e. The Bertz CT molecular complexity index is 615. The monoisotopic (exact) mass is 367 g/mol. The lowest BCUT2D eigenvalue weighted by molar-refractivity contribution is -0.122. The maximum Gasteiger partial charge on any atom is 0.266 e. The molecule has 1 atom stereocenters. The van der Waals surface area contributed by atoms with Crippen molar-refractivity contribution in [2.24, 2.45) is 5.92 Å². The molecule has 1 aliphatic heterocycles. The molecule has 1 heterocycles. The van der Waals surface area contributed by atoms with Gasteiger partial charge in [-0.2, -0.15) is 0 Å². The molecule has 0 aliphatic carbocycles. The molecule has 23 heavy (non-hydrogen) atoms. The Balaban J connectivity index is 2.10. The van der Waals surface area contributed by atoms with Gasteiger partial charge in [-0.3, -0.25) is 9.69 Å². The van der Waals surface area contributed by atoms with Gasteiger partial charge >= 0.3 is 0 Å². The van der Waals surface area contributed by atoms with E-state index in [0.717, 1.165) is 24.9 Å². The largest absolute Gasteiger partial charge is 0.293 e. The molecule has 1 aromatic carbocycles. The molecular formula is C18H22ClNOS2. The molecule has 1 aromatic rings. The van der Waals surface area contributed by atoms with E-state index >= 15 is 0 Å².